The Morgan fingerprint density at radius 2 is 1.86 bits per heavy atom. The summed E-state index contributed by atoms with van der Waals surface area (Å²) in [6, 6.07) is 10.9. The van der Waals surface area contributed by atoms with E-state index in [9.17, 15) is 8.42 Å². The van der Waals surface area contributed by atoms with Crippen molar-refractivity contribution in [2.24, 2.45) is 0 Å². The van der Waals surface area contributed by atoms with Gasteiger partial charge in [0, 0.05) is 9.50 Å². The van der Waals surface area contributed by atoms with E-state index in [1.807, 2.05) is 13.0 Å². The van der Waals surface area contributed by atoms with Gasteiger partial charge in [0.15, 0.2) is 0 Å². The molecule has 0 unspecified atom stereocenters. The average Bonchev–Trinajstić information content (AvgIpc) is 2.44. The SMILES string of the molecule is Cc1cc(Br)c(NS(=O)(=O)c2ccc(C#N)cc2)cc1Cl. The molecule has 7 heteroatoms. The molecule has 0 atom stereocenters. The Bertz CT molecular complexity index is 827. The van der Waals surface area contributed by atoms with Crippen molar-refractivity contribution in [2.75, 3.05) is 4.72 Å². The third-order valence-electron chi connectivity index (χ3n) is 2.79. The van der Waals surface area contributed by atoms with Crippen molar-refractivity contribution in [3.05, 3.63) is 57.0 Å². The molecule has 108 valence electrons. The fourth-order valence-corrected chi connectivity index (χ4v) is 3.56. The molecule has 0 saturated heterocycles. The maximum Gasteiger partial charge on any atom is 0.261 e. The van der Waals surface area contributed by atoms with Crippen molar-refractivity contribution >= 4 is 43.2 Å². The number of rotatable bonds is 3. The second kappa shape index (κ2) is 6.06. The average molecular weight is 386 g/mol. The Morgan fingerprint density at radius 3 is 2.43 bits per heavy atom. The first-order valence-corrected chi connectivity index (χ1v) is 8.47. The summed E-state index contributed by atoms with van der Waals surface area (Å²) in [4.78, 5) is 0.0742. The van der Waals surface area contributed by atoms with Crippen LogP contribution in [0.1, 0.15) is 11.1 Å². The number of nitrogens with zero attached hydrogens (tertiary/aromatic N) is 1. The molecule has 0 aliphatic carbocycles. The smallest absolute Gasteiger partial charge is 0.261 e. The van der Waals surface area contributed by atoms with E-state index in [1.54, 1.807) is 12.1 Å². The van der Waals surface area contributed by atoms with Crippen molar-refractivity contribution in [3.8, 4) is 6.07 Å². The molecule has 21 heavy (non-hydrogen) atoms. The number of hydrogen-bond acceptors (Lipinski definition) is 3. The standard InChI is InChI=1S/C14H10BrClN2O2S/c1-9-6-12(15)14(7-13(9)16)18-21(19,20)11-4-2-10(8-17)3-5-11/h2-7,18H,1H3. The summed E-state index contributed by atoms with van der Waals surface area (Å²) in [6.07, 6.45) is 0. The minimum absolute atomic E-state index is 0.0742. The fourth-order valence-electron chi connectivity index (χ4n) is 1.64. The number of halogens is 2. The Hall–Kier alpha value is -1.55. The normalized spacial score (nSPS) is 11.0. The first-order chi connectivity index (χ1) is 9.83. The lowest BCUT2D eigenvalue weighted by Crippen LogP contribution is -2.13. The molecular formula is C14H10BrClN2O2S. The third-order valence-corrected chi connectivity index (χ3v) is 5.23. The van der Waals surface area contributed by atoms with Gasteiger partial charge in [0.25, 0.3) is 10.0 Å². The first kappa shape index (κ1) is 15.8. The number of nitrogens with one attached hydrogen (secondary N) is 1. The lowest BCUT2D eigenvalue weighted by Gasteiger charge is -2.11. The number of benzene rings is 2. The molecule has 2 aromatic rings. The van der Waals surface area contributed by atoms with Crippen LogP contribution in [0.5, 0.6) is 0 Å². The number of aryl methyl sites for hydroxylation is 1. The summed E-state index contributed by atoms with van der Waals surface area (Å²) < 4.78 is 27.6. The van der Waals surface area contributed by atoms with E-state index < -0.39 is 10.0 Å². The molecule has 0 saturated carbocycles. The zero-order chi connectivity index (χ0) is 15.6. The van der Waals surface area contributed by atoms with Crippen molar-refractivity contribution in [1.82, 2.24) is 0 Å². The van der Waals surface area contributed by atoms with E-state index in [4.69, 9.17) is 16.9 Å². The van der Waals surface area contributed by atoms with Crippen LogP contribution in [0.15, 0.2) is 45.8 Å². The Labute approximate surface area is 136 Å². The molecule has 0 fully saturated rings. The van der Waals surface area contributed by atoms with Crippen molar-refractivity contribution in [1.29, 1.82) is 5.26 Å². The lowest BCUT2D eigenvalue weighted by molar-refractivity contribution is 0.601. The van der Waals surface area contributed by atoms with Gasteiger partial charge in [-0.15, -0.1) is 0 Å². The molecule has 0 aliphatic rings. The van der Waals surface area contributed by atoms with Gasteiger partial charge in [-0.05, 0) is 64.8 Å². The Kier molecular flexibility index (Phi) is 4.57. The number of hydrogen-bond donors (Lipinski definition) is 1. The molecular weight excluding hydrogens is 376 g/mol. The predicted molar refractivity (Wildman–Crippen MR) is 85.9 cm³/mol. The van der Waals surface area contributed by atoms with Crippen molar-refractivity contribution in [3.63, 3.8) is 0 Å². The van der Waals surface area contributed by atoms with Crippen molar-refractivity contribution < 1.29 is 8.42 Å². The van der Waals surface area contributed by atoms with Gasteiger partial charge >= 0.3 is 0 Å². The van der Waals surface area contributed by atoms with E-state index in [2.05, 4.69) is 20.7 Å². The van der Waals surface area contributed by atoms with E-state index in [0.29, 0.717) is 20.7 Å². The van der Waals surface area contributed by atoms with E-state index in [0.717, 1.165) is 5.56 Å². The van der Waals surface area contributed by atoms with E-state index >= 15 is 0 Å². The van der Waals surface area contributed by atoms with Gasteiger partial charge in [0.1, 0.15) is 0 Å². The van der Waals surface area contributed by atoms with Crippen LogP contribution < -0.4 is 4.72 Å². The molecule has 0 heterocycles. The summed E-state index contributed by atoms with van der Waals surface area (Å²) in [5.74, 6) is 0. The number of anilines is 1. The molecule has 0 spiro atoms. The Balaban J connectivity index is 2.37. The highest BCUT2D eigenvalue weighted by molar-refractivity contribution is 9.10. The minimum Gasteiger partial charge on any atom is -0.278 e. The topological polar surface area (TPSA) is 70.0 Å². The summed E-state index contributed by atoms with van der Waals surface area (Å²) in [5.41, 5.74) is 1.59. The zero-order valence-electron chi connectivity index (χ0n) is 10.9. The second-order valence-electron chi connectivity index (χ2n) is 4.32. The molecule has 2 rings (SSSR count). The first-order valence-electron chi connectivity index (χ1n) is 5.82. The van der Waals surface area contributed by atoms with Gasteiger partial charge < -0.3 is 0 Å². The molecule has 2 aromatic carbocycles. The molecule has 0 bridgehead atoms. The quantitative estimate of drug-likeness (QED) is 0.865. The molecule has 1 N–H and O–H groups in total. The summed E-state index contributed by atoms with van der Waals surface area (Å²) >= 11 is 9.31. The molecule has 0 aliphatic heterocycles. The summed E-state index contributed by atoms with van der Waals surface area (Å²) in [6.45, 7) is 1.83. The van der Waals surface area contributed by atoms with Crippen LogP contribution in [-0.4, -0.2) is 8.42 Å². The molecule has 0 radical (unpaired) electrons. The predicted octanol–water partition coefficient (Wildman–Crippen LogP) is 4.08. The summed E-state index contributed by atoms with van der Waals surface area (Å²) in [7, 11) is -3.74. The number of sulfonamides is 1. The molecule has 0 aromatic heterocycles. The maximum atomic E-state index is 12.3. The Morgan fingerprint density at radius 1 is 1.24 bits per heavy atom. The third kappa shape index (κ3) is 3.56. The van der Waals surface area contributed by atoms with E-state index in [1.165, 1.54) is 24.3 Å². The monoisotopic (exact) mass is 384 g/mol. The largest absolute Gasteiger partial charge is 0.278 e. The zero-order valence-corrected chi connectivity index (χ0v) is 14.1. The highest BCUT2D eigenvalue weighted by atomic mass is 79.9. The van der Waals surface area contributed by atoms with Crippen LogP contribution in [0.2, 0.25) is 5.02 Å². The minimum atomic E-state index is -3.74. The lowest BCUT2D eigenvalue weighted by atomic mass is 10.2. The van der Waals surface area contributed by atoms with Crippen LogP contribution in [0.4, 0.5) is 5.69 Å². The highest BCUT2D eigenvalue weighted by Gasteiger charge is 2.16. The van der Waals surface area contributed by atoms with Crippen LogP contribution in [0.3, 0.4) is 0 Å². The molecule has 0 amide bonds. The van der Waals surface area contributed by atoms with Gasteiger partial charge in [0.05, 0.1) is 22.2 Å². The van der Waals surface area contributed by atoms with Crippen LogP contribution in [-0.2, 0) is 10.0 Å². The van der Waals surface area contributed by atoms with Gasteiger partial charge in [-0.3, -0.25) is 4.72 Å². The van der Waals surface area contributed by atoms with Gasteiger partial charge in [-0.2, -0.15) is 5.26 Å². The van der Waals surface area contributed by atoms with Crippen LogP contribution in [0, 0.1) is 18.3 Å². The van der Waals surface area contributed by atoms with Gasteiger partial charge in [-0.25, -0.2) is 8.42 Å². The van der Waals surface area contributed by atoms with Gasteiger partial charge in [-0.1, -0.05) is 11.6 Å². The fraction of sp³-hybridized carbons (Fsp3) is 0.0714. The molecule has 4 nitrogen and oxygen atoms in total. The highest BCUT2D eigenvalue weighted by Crippen LogP contribution is 2.30. The maximum absolute atomic E-state index is 12.3. The second-order valence-corrected chi connectivity index (χ2v) is 7.27. The van der Waals surface area contributed by atoms with Crippen molar-refractivity contribution in [2.45, 2.75) is 11.8 Å². The van der Waals surface area contributed by atoms with Gasteiger partial charge in [0.2, 0.25) is 0 Å². The van der Waals surface area contributed by atoms with Crippen LogP contribution in [0.25, 0.3) is 0 Å². The number of nitriles is 1. The van der Waals surface area contributed by atoms with Crippen LogP contribution >= 0.6 is 27.5 Å². The van der Waals surface area contributed by atoms with E-state index in [-0.39, 0.29) is 4.90 Å². The summed E-state index contributed by atoms with van der Waals surface area (Å²) in [5, 5.41) is 9.19.